The van der Waals surface area contributed by atoms with Crippen LogP contribution in [0.3, 0.4) is 0 Å². The average Bonchev–Trinajstić information content (AvgIpc) is 3.63. The SMILES string of the molecule is COc1ccc(NC(=O)C(C)N(Cc2nc(-c3ccc(OC)cc3)cs2)C(=O)Cn2nnc3ccccc32)cc1. The highest BCUT2D eigenvalue weighted by molar-refractivity contribution is 7.09. The Morgan fingerprint density at radius 3 is 2.35 bits per heavy atom. The third kappa shape index (κ3) is 5.94. The summed E-state index contributed by atoms with van der Waals surface area (Å²) in [5.74, 6) is 0.829. The van der Waals surface area contributed by atoms with Gasteiger partial charge in [0.05, 0.1) is 32.0 Å². The van der Waals surface area contributed by atoms with E-state index in [1.165, 1.54) is 16.2 Å². The number of anilines is 1. The van der Waals surface area contributed by atoms with Crippen LogP contribution in [0.4, 0.5) is 5.69 Å². The summed E-state index contributed by atoms with van der Waals surface area (Å²) in [4.78, 5) is 33.3. The van der Waals surface area contributed by atoms with Gasteiger partial charge in [-0.1, -0.05) is 17.3 Å². The molecular formula is C29H28N6O4S. The fraction of sp³-hybridized carbons (Fsp3) is 0.207. The first-order chi connectivity index (χ1) is 19.4. The summed E-state index contributed by atoms with van der Waals surface area (Å²) in [6.07, 6.45) is 0. The Hall–Kier alpha value is -4.77. The summed E-state index contributed by atoms with van der Waals surface area (Å²) in [6, 6.07) is 21.3. The number of hydrogen-bond acceptors (Lipinski definition) is 8. The van der Waals surface area contributed by atoms with Gasteiger partial charge >= 0.3 is 0 Å². The van der Waals surface area contributed by atoms with Gasteiger partial charge in [-0.25, -0.2) is 9.67 Å². The molecule has 3 aromatic carbocycles. The second-order valence-corrected chi connectivity index (χ2v) is 9.95. The Morgan fingerprint density at radius 2 is 1.65 bits per heavy atom. The van der Waals surface area contributed by atoms with E-state index in [0.717, 1.165) is 22.5 Å². The molecule has 2 aromatic heterocycles. The molecule has 0 saturated heterocycles. The lowest BCUT2D eigenvalue weighted by molar-refractivity contribution is -0.139. The number of para-hydroxylation sites is 1. The zero-order valence-corrected chi connectivity index (χ0v) is 23.1. The highest BCUT2D eigenvalue weighted by atomic mass is 32.1. The molecule has 1 unspecified atom stereocenters. The summed E-state index contributed by atoms with van der Waals surface area (Å²) in [5, 5.41) is 13.8. The molecule has 5 rings (SSSR count). The fourth-order valence-corrected chi connectivity index (χ4v) is 4.98. The van der Waals surface area contributed by atoms with E-state index in [4.69, 9.17) is 14.5 Å². The molecule has 10 nitrogen and oxygen atoms in total. The Bertz CT molecular complexity index is 1610. The van der Waals surface area contributed by atoms with Crippen LogP contribution in [-0.2, 0) is 22.7 Å². The maximum atomic E-state index is 13.7. The molecule has 2 heterocycles. The van der Waals surface area contributed by atoms with Crippen molar-refractivity contribution in [1.82, 2.24) is 24.9 Å². The number of amides is 2. The molecule has 0 aliphatic carbocycles. The number of nitrogens with zero attached hydrogens (tertiary/aromatic N) is 5. The van der Waals surface area contributed by atoms with Crippen LogP contribution in [-0.4, -0.2) is 57.0 Å². The Labute approximate surface area is 235 Å². The molecule has 204 valence electrons. The summed E-state index contributed by atoms with van der Waals surface area (Å²) in [6.45, 7) is 1.79. The van der Waals surface area contributed by atoms with Gasteiger partial charge in [0.1, 0.15) is 34.6 Å². The van der Waals surface area contributed by atoms with Crippen molar-refractivity contribution in [2.24, 2.45) is 0 Å². The largest absolute Gasteiger partial charge is 0.497 e. The second kappa shape index (κ2) is 12.0. The van der Waals surface area contributed by atoms with Gasteiger partial charge in [0.15, 0.2) is 0 Å². The van der Waals surface area contributed by atoms with Crippen LogP contribution in [0.1, 0.15) is 11.9 Å². The summed E-state index contributed by atoms with van der Waals surface area (Å²) in [5.41, 5.74) is 3.75. The number of fused-ring (bicyclic) bond motifs is 1. The van der Waals surface area contributed by atoms with E-state index < -0.39 is 6.04 Å². The monoisotopic (exact) mass is 556 g/mol. The Kier molecular flexibility index (Phi) is 8.02. The van der Waals surface area contributed by atoms with E-state index in [9.17, 15) is 9.59 Å². The van der Waals surface area contributed by atoms with E-state index in [1.54, 1.807) is 50.1 Å². The van der Waals surface area contributed by atoms with Crippen molar-refractivity contribution in [2.75, 3.05) is 19.5 Å². The Morgan fingerprint density at radius 1 is 0.975 bits per heavy atom. The first-order valence-corrected chi connectivity index (χ1v) is 13.4. The number of benzene rings is 3. The first-order valence-electron chi connectivity index (χ1n) is 12.6. The maximum Gasteiger partial charge on any atom is 0.246 e. The summed E-state index contributed by atoms with van der Waals surface area (Å²) in [7, 11) is 3.20. The third-order valence-corrected chi connectivity index (χ3v) is 7.31. The van der Waals surface area contributed by atoms with Crippen molar-refractivity contribution in [2.45, 2.75) is 26.1 Å². The molecular weight excluding hydrogens is 528 g/mol. The molecule has 2 amide bonds. The van der Waals surface area contributed by atoms with Gasteiger partial charge in [0.2, 0.25) is 11.8 Å². The van der Waals surface area contributed by atoms with Crippen LogP contribution in [0.5, 0.6) is 11.5 Å². The van der Waals surface area contributed by atoms with E-state index >= 15 is 0 Å². The minimum absolute atomic E-state index is 0.0720. The Balaban J connectivity index is 1.38. The van der Waals surface area contributed by atoms with Crippen LogP contribution in [0.2, 0.25) is 0 Å². The quantitative estimate of drug-likeness (QED) is 0.267. The van der Waals surface area contributed by atoms with Gasteiger partial charge in [-0.15, -0.1) is 16.4 Å². The molecule has 0 radical (unpaired) electrons. The predicted octanol–water partition coefficient (Wildman–Crippen LogP) is 4.63. The van der Waals surface area contributed by atoms with Crippen molar-refractivity contribution in [3.05, 3.63) is 83.2 Å². The zero-order chi connectivity index (χ0) is 28.1. The van der Waals surface area contributed by atoms with Gasteiger partial charge in [0, 0.05) is 16.6 Å². The van der Waals surface area contributed by atoms with Gasteiger partial charge in [-0.2, -0.15) is 0 Å². The molecule has 0 aliphatic heterocycles. The lowest BCUT2D eigenvalue weighted by atomic mass is 10.2. The number of hydrogen-bond donors (Lipinski definition) is 1. The third-order valence-electron chi connectivity index (χ3n) is 6.47. The molecule has 0 bridgehead atoms. The molecule has 0 aliphatic rings. The summed E-state index contributed by atoms with van der Waals surface area (Å²) < 4.78 is 12.0. The number of carbonyl (C=O) groups is 2. The van der Waals surface area contributed by atoms with Crippen LogP contribution in [0.25, 0.3) is 22.3 Å². The van der Waals surface area contributed by atoms with Crippen LogP contribution < -0.4 is 14.8 Å². The second-order valence-electron chi connectivity index (χ2n) is 9.01. The van der Waals surface area contributed by atoms with E-state index in [1.807, 2.05) is 53.9 Å². The first kappa shape index (κ1) is 26.8. The predicted molar refractivity (Wildman–Crippen MR) is 153 cm³/mol. The topological polar surface area (TPSA) is 111 Å². The van der Waals surface area contributed by atoms with Crippen LogP contribution in [0, 0.1) is 0 Å². The molecule has 5 aromatic rings. The van der Waals surface area contributed by atoms with Crippen molar-refractivity contribution in [3.63, 3.8) is 0 Å². The van der Waals surface area contributed by atoms with Crippen molar-refractivity contribution in [3.8, 4) is 22.8 Å². The van der Waals surface area contributed by atoms with Crippen molar-refractivity contribution in [1.29, 1.82) is 0 Å². The number of carbonyl (C=O) groups excluding carboxylic acids is 2. The smallest absolute Gasteiger partial charge is 0.246 e. The average molecular weight is 557 g/mol. The lowest BCUT2D eigenvalue weighted by Gasteiger charge is -2.28. The molecule has 1 N–H and O–H groups in total. The van der Waals surface area contributed by atoms with E-state index in [0.29, 0.717) is 22.0 Å². The van der Waals surface area contributed by atoms with Crippen molar-refractivity contribution < 1.29 is 19.1 Å². The normalized spacial score (nSPS) is 11.7. The zero-order valence-electron chi connectivity index (χ0n) is 22.3. The molecule has 40 heavy (non-hydrogen) atoms. The maximum absolute atomic E-state index is 13.7. The number of nitrogens with one attached hydrogen (secondary N) is 1. The van der Waals surface area contributed by atoms with E-state index in [-0.39, 0.29) is 24.9 Å². The number of thiazole rings is 1. The highest BCUT2D eigenvalue weighted by Crippen LogP contribution is 2.26. The van der Waals surface area contributed by atoms with E-state index in [2.05, 4.69) is 15.6 Å². The van der Waals surface area contributed by atoms with Gasteiger partial charge in [0.25, 0.3) is 0 Å². The molecule has 0 spiro atoms. The summed E-state index contributed by atoms with van der Waals surface area (Å²) >= 11 is 1.43. The molecule has 0 fully saturated rings. The number of aromatic nitrogens is 4. The number of rotatable bonds is 10. The molecule has 11 heteroatoms. The molecule has 1 atom stereocenters. The van der Waals surface area contributed by atoms with Crippen LogP contribution in [0.15, 0.2) is 78.2 Å². The number of methoxy groups -OCH3 is 2. The highest BCUT2D eigenvalue weighted by Gasteiger charge is 2.28. The van der Waals surface area contributed by atoms with Gasteiger partial charge in [-0.3, -0.25) is 9.59 Å². The minimum atomic E-state index is -0.794. The van der Waals surface area contributed by atoms with Crippen molar-refractivity contribution >= 4 is 39.9 Å². The van der Waals surface area contributed by atoms with Crippen LogP contribution >= 0.6 is 11.3 Å². The number of ether oxygens (including phenoxy) is 2. The molecule has 0 saturated carbocycles. The standard InChI is InChI=1S/C29H28N6O4S/c1-19(29(37)30-21-10-14-23(39-3)15-11-21)34(28(36)17-35-26-7-5-4-6-24(26)32-33-35)16-27-31-25(18-40-27)20-8-12-22(38-2)13-9-20/h4-15,18-19H,16-17H2,1-3H3,(H,30,37). The minimum Gasteiger partial charge on any atom is -0.497 e. The fourth-order valence-electron chi connectivity index (χ4n) is 4.18. The van der Waals surface area contributed by atoms with Gasteiger partial charge < -0.3 is 19.7 Å². The van der Waals surface area contributed by atoms with Gasteiger partial charge in [-0.05, 0) is 67.6 Å². The lowest BCUT2D eigenvalue weighted by Crippen LogP contribution is -2.46.